The number of ketones is 1. The first-order valence-electron chi connectivity index (χ1n) is 15.1. The normalized spacial score (nSPS) is 43.8. The number of esters is 4. The predicted octanol–water partition coefficient (Wildman–Crippen LogP) is 0.254. The topological polar surface area (TPSA) is 184 Å². The standard InChI is InChI=1S/C31H39NO12/c1-13(2)9-19(34)43-22-24-30-12-41-31(24,28(39)40-5)25(36)20(35)23(30)29(4)11-17(33)21(44-26(37)16-7-6-8-32-16)14(3)15(29)10-18(30)42-27(22)38/h9,15-16,18,20,22-25,32,35-36H,6-8,10-12H2,1-5H3/t15-,16+,18+,20+,22+,23?,24+,25-,29-,30+,31-/m0/s1. The van der Waals surface area contributed by atoms with Gasteiger partial charge in [0.15, 0.2) is 11.5 Å². The van der Waals surface area contributed by atoms with Crippen LogP contribution < -0.4 is 5.32 Å². The van der Waals surface area contributed by atoms with Gasteiger partial charge in [-0.05, 0) is 63.5 Å². The molecule has 2 saturated carbocycles. The lowest BCUT2D eigenvalue weighted by Gasteiger charge is -2.67. The van der Waals surface area contributed by atoms with E-state index in [4.69, 9.17) is 23.7 Å². The summed E-state index contributed by atoms with van der Waals surface area (Å²) in [6, 6.07) is -0.519. The Balaban J connectivity index is 1.47. The van der Waals surface area contributed by atoms with Crippen molar-refractivity contribution in [2.45, 2.75) is 89.4 Å². The molecular formula is C31H39NO12. The first-order chi connectivity index (χ1) is 20.7. The first kappa shape index (κ1) is 30.9. The molecule has 3 aliphatic heterocycles. The lowest BCUT2D eigenvalue weighted by molar-refractivity contribution is -0.290. The van der Waals surface area contributed by atoms with Gasteiger partial charge in [-0.15, -0.1) is 0 Å². The fourth-order valence-corrected chi connectivity index (χ4v) is 9.44. The number of carbonyl (C=O) groups excluding carboxylic acids is 5. The lowest BCUT2D eigenvalue weighted by atomic mass is 9.38. The number of hydrogen-bond acceptors (Lipinski definition) is 13. The van der Waals surface area contributed by atoms with Crippen molar-refractivity contribution in [3.63, 3.8) is 0 Å². The Hall–Kier alpha value is -3.13. The summed E-state index contributed by atoms with van der Waals surface area (Å²) in [5, 5.41) is 26.7. The molecule has 2 bridgehead atoms. The zero-order chi connectivity index (χ0) is 31.9. The van der Waals surface area contributed by atoms with Gasteiger partial charge in [0.05, 0.1) is 25.7 Å². The minimum absolute atomic E-state index is 0.0632. The van der Waals surface area contributed by atoms with E-state index in [1.807, 2.05) is 6.92 Å². The molecule has 3 aliphatic carbocycles. The number of aliphatic hydroxyl groups excluding tert-OH is 2. The van der Waals surface area contributed by atoms with Crippen molar-refractivity contribution >= 4 is 29.7 Å². The van der Waals surface area contributed by atoms with Crippen LogP contribution in [0.5, 0.6) is 0 Å². The van der Waals surface area contributed by atoms with E-state index in [0.29, 0.717) is 24.1 Å². The van der Waals surface area contributed by atoms with Gasteiger partial charge in [-0.2, -0.15) is 0 Å². The average Bonchev–Trinajstić information content (AvgIpc) is 3.60. The molecule has 5 fully saturated rings. The molecule has 6 rings (SSSR count). The zero-order valence-corrected chi connectivity index (χ0v) is 25.4. The van der Waals surface area contributed by atoms with E-state index in [1.54, 1.807) is 20.8 Å². The van der Waals surface area contributed by atoms with E-state index >= 15 is 0 Å². The fourth-order valence-electron chi connectivity index (χ4n) is 9.44. The number of hydrogen-bond donors (Lipinski definition) is 3. The van der Waals surface area contributed by atoms with E-state index in [-0.39, 0.29) is 25.2 Å². The van der Waals surface area contributed by atoms with Gasteiger partial charge in [0.2, 0.25) is 11.7 Å². The van der Waals surface area contributed by atoms with Crippen molar-refractivity contribution in [3.8, 4) is 0 Å². The summed E-state index contributed by atoms with van der Waals surface area (Å²) in [6.07, 6.45) is -3.59. The van der Waals surface area contributed by atoms with Gasteiger partial charge in [-0.1, -0.05) is 12.5 Å². The molecule has 3 saturated heterocycles. The molecule has 0 aromatic heterocycles. The van der Waals surface area contributed by atoms with Gasteiger partial charge in [0.1, 0.15) is 18.2 Å². The van der Waals surface area contributed by atoms with Crippen molar-refractivity contribution < 1.29 is 57.9 Å². The maximum absolute atomic E-state index is 13.7. The quantitative estimate of drug-likeness (QED) is 0.217. The Morgan fingerprint density at radius 2 is 1.86 bits per heavy atom. The summed E-state index contributed by atoms with van der Waals surface area (Å²) in [6.45, 7) is 7.26. The Labute approximate surface area is 254 Å². The second-order valence-electron chi connectivity index (χ2n) is 13.6. The van der Waals surface area contributed by atoms with Crippen LogP contribution in [0.1, 0.15) is 53.4 Å². The minimum atomic E-state index is -2.25. The van der Waals surface area contributed by atoms with Crippen molar-refractivity contribution in [2.75, 3.05) is 20.3 Å². The van der Waals surface area contributed by atoms with Gasteiger partial charge in [-0.3, -0.25) is 4.79 Å². The average molecular weight is 618 g/mol. The van der Waals surface area contributed by atoms with Crippen molar-refractivity contribution in [2.24, 2.45) is 28.6 Å². The molecule has 1 spiro atoms. The number of rotatable bonds is 5. The SMILES string of the molecule is COC(=O)[C@@]12OC[C@]34C([C@@H](O)[C@@H]1O)[C@@]1(C)CC(=O)C(OC(=O)[C@H]5CCCN5)=C(C)[C@@H]1C[C@H]3OC(=O)[C@H](OC(=O)C=C(C)C)[C@@H]24. The van der Waals surface area contributed by atoms with Crippen LogP contribution in [0.4, 0.5) is 0 Å². The van der Waals surface area contributed by atoms with Crippen LogP contribution in [0, 0.1) is 28.6 Å². The summed E-state index contributed by atoms with van der Waals surface area (Å²) >= 11 is 0. The van der Waals surface area contributed by atoms with E-state index < -0.39 is 94.3 Å². The number of allylic oxidation sites excluding steroid dienone is 3. The van der Waals surface area contributed by atoms with Gasteiger partial charge in [0.25, 0.3) is 0 Å². The van der Waals surface area contributed by atoms with Gasteiger partial charge in [-0.25, -0.2) is 19.2 Å². The number of methoxy groups -OCH3 is 1. The number of carbonyl (C=O) groups is 5. The maximum Gasteiger partial charge on any atom is 0.348 e. The Bertz CT molecular complexity index is 1380. The largest absolute Gasteiger partial charge is 0.467 e. The van der Waals surface area contributed by atoms with Crippen LogP contribution in [0.15, 0.2) is 23.0 Å². The molecule has 0 aromatic rings. The number of fused-ring (bicyclic) bond motifs is 2. The highest BCUT2D eigenvalue weighted by Crippen LogP contribution is 2.72. The molecule has 0 radical (unpaired) electrons. The highest BCUT2D eigenvalue weighted by atomic mass is 16.6. The van der Waals surface area contributed by atoms with Crippen LogP contribution in [-0.2, 0) is 47.7 Å². The highest BCUT2D eigenvalue weighted by molar-refractivity contribution is 5.98. The predicted molar refractivity (Wildman–Crippen MR) is 147 cm³/mol. The molecule has 13 nitrogen and oxygen atoms in total. The molecule has 240 valence electrons. The Morgan fingerprint density at radius 1 is 1.14 bits per heavy atom. The molecule has 3 heterocycles. The third kappa shape index (κ3) is 4.01. The van der Waals surface area contributed by atoms with Crippen LogP contribution in [0.25, 0.3) is 0 Å². The van der Waals surface area contributed by atoms with Crippen LogP contribution in [0.3, 0.4) is 0 Å². The molecule has 13 heteroatoms. The van der Waals surface area contributed by atoms with Crippen molar-refractivity contribution in [1.82, 2.24) is 5.32 Å². The Kier molecular flexibility index (Phi) is 7.34. The zero-order valence-electron chi connectivity index (χ0n) is 25.4. The third-order valence-electron chi connectivity index (χ3n) is 11.0. The Morgan fingerprint density at radius 3 is 2.50 bits per heavy atom. The van der Waals surface area contributed by atoms with Gasteiger partial charge >= 0.3 is 23.9 Å². The van der Waals surface area contributed by atoms with E-state index in [1.165, 1.54) is 6.08 Å². The number of aliphatic hydroxyl groups is 2. The van der Waals surface area contributed by atoms with Crippen molar-refractivity contribution in [3.05, 3.63) is 23.0 Å². The monoisotopic (exact) mass is 617 g/mol. The summed E-state index contributed by atoms with van der Waals surface area (Å²) in [4.78, 5) is 66.6. The number of ether oxygens (including phenoxy) is 5. The van der Waals surface area contributed by atoms with Crippen molar-refractivity contribution in [1.29, 1.82) is 0 Å². The maximum atomic E-state index is 13.7. The second kappa shape index (κ2) is 10.5. The second-order valence-corrected chi connectivity index (χ2v) is 13.6. The molecule has 0 aromatic carbocycles. The highest BCUT2D eigenvalue weighted by Gasteiger charge is 2.85. The van der Waals surface area contributed by atoms with Crippen LogP contribution in [0.2, 0.25) is 0 Å². The number of nitrogens with one attached hydrogen (secondary N) is 1. The molecule has 44 heavy (non-hydrogen) atoms. The fraction of sp³-hybridized carbons (Fsp3) is 0.710. The first-order valence-corrected chi connectivity index (χ1v) is 15.1. The van der Waals surface area contributed by atoms with Crippen LogP contribution in [-0.4, -0.2) is 96.2 Å². The smallest absolute Gasteiger partial charge is 0.348 e. The van der Waals surface area contributed by atoms with E-state index in [0.717, 1.165) is 13.5 Å². The summed E-state index contributed by atoms with van der Waals surface area (Å²) < 4.78 is 28.5. The summed E-state index contributed by atoms with van der Waals surface area (Å²) in [5.41, 5.74) is -3.58. The minimum Gasteiger partial charge on any atom is -0.467 e. The summed E-state index contributed by atoms with van der Waals surface area (Å²) in [5.74, 6) is -6.65. The summed E-state index contributed by atoms with van der Waals surface area (Å²) in [7, 11) is 1.09. The lowest BCUT2D eigenvalue weighted by Crippen LogP contribution is -2.79. The van der Waals surface area contributed by atoms with E-state index in [2.05, 4.69) is 5.32 Å². The third-order valence-corrected chi connectivity index (χ3v) is 11.0. The molecule has 6 aliphatic rings. The molecule has 11 atom stereocenters. The number of Topliss-reactive ketones (excluding diaryl/α,β-unsaturated/α-hetero) is 1. The molecule has 0 amide bonds. The van der Waals surface area contributed by atoms with E-state index in [9.17, 15) is 34.2 Å². The van der Waals surface area contributed by atoms with Gasteiger partial charge in [0, 0.05) is 23.8 Å². The molecular weight excluding hydrogens is 578 g/mol. The molecule has 1 unspecified atom stereocenters. The molecule has 3 N–H and O–H groups in total. The van der Waals surface area contributed by atoms with Crippen LogP contribution >= 0.6 is 0 Å². The van der Waals surface area contributed by atoms with Gasteiger partial charge < -0.3 is 39.2 Å².